The molecule has 0 aliphatic carbocycles. The molecule has 0 aliphatic heterocycles. The molecule has 0 saturated carbocycles. The first-order chi connectivity index (χ1) is 8.78. The van der Waals surface area contributed by atoms with Crippen LogP contribution in [0.5, 0.6) is 0 Å². The summed E-state index contributed by atoms with van der Waals surface area (Å²) < 4.78 is 39.7. The minimum absolute atomic E-state index is 0.0613. The second-order valence-corrected chi connectivity index (χ2v) is 3.78. The van der Waals surface area contributed by atoms with Crippen LogP contribution in [0.1, 0.15) is 16.1 Å². The van der Waals surface area contributed by atoms with Crippen LogP contribution in [-0.4, -0.2) is 42.0 Å². The summed E-state index contributed by atoms with van der Waals surface area (Å²) in [6, 6.07) is 2.70. The van der Waals surface area contributed by atoms with Gasteiger partial charge in [0.25, 0.3) is 0 Å². The molecule has 0 aromatic carbocycles. The number of nitrogens with one attached hydrogen (secondary N) is 1. The number of alkyl halides is 3. The Morgan fingerprint density at radius 3 is 2.74 bits per heavy atom. The number of ether oxygens (including phenoxy) is 1. The smallest absolute Gasteiger partial charge is 0.411 e. The van der Waals surface area contributed by atoms with Crippen LogP contribution in [-0.2, 0) is 4.74 Å². The molecule has 0 spiro atoms. The maximum Gasteiger partial charge on any atom is 0.411 e. The number of rotatable bonds is 6. The van der Waals surface area contributed by atoms with Gasteiger partial charge in [0.2, 0.25) is 0 Å². The average molecular weight is 278 g/mol. The third-order valence-corrected chi connectivity index (χ3v) is 2.02. The van der Waals surface area contributed by atoms with E-state index >= 15 is 0 Å². The van der Waals surface area contributed by atoms with Crippen LogP contribution in [0.4, 0.5) is 19.0 Å². The summed E-state index contributed by atoms with van der Waals surface area (Å²) in [5.74, 6) is -0.810. The largest absolute Gasteiger partial charge is 0.478 e. The van der Waals surface area contributed by atoms with E-state index in [1.54, 1.807) is 6.92 Å². The first-order valence-electron chi connectivity index (χ1n) is 5.38. The molecule has 0 fully saturated rings. The summed E-state index contributed by atoms with van der Waals surface area (Å²) in [6.45, 7) is 0.261. The van der Waals surface area contributed by atoms with Gasteiger partial charge in [-0.2, -0.15) is 13.2 Å². The fraction of sp³-hybridized carbons (Fsp3) is 0.455. The maximum atomic E-state index is 11.8. The zero-order chi connectivity index (χ0) is 14.5. The van der Waals surface area contributed by atoms with Crippen molar-refractivity contribution in [2.24, 2.45) is 0 Å². The number of hydrogen-bond donors (Lipinski definition) is 2. The molecule has 19 heavy (non-hydrogen) atoms. The lowest BCUT2D eigenvalue weighted by Crippen LogP contribution is -2.20. The van der Waals surface area contributed by atoms with Crippen LogP contribution in [0.3, 0.4) is 0 Å². The predicted molar refractivity (Wildman–Crippen MR) is 61.3 cm³/mol. The molecule has 0 radical (unpaired) electrons. The lowest BCUT2D eigenvalue weighted by molar-refractivity contribution is -0.172. The van der Waals surface area contributed by atoms with E-state index in [0.717, 1.165) is 0 Å². The number of carboxylic acid groups (broad SMARTS) is 1. The quantitative estimate of drug-likeness (QED) is 0.779. The van der Waals surface area contributed by atoms with Gasteiger partial charge in [0.15, 0.2) is 0 Å². The fourth-order valence-corrected chi connectivity index (χ4v) is 1.32. The molecule has 0 amide bonds. The molecule has 8 heteroatoms. The fourth-order valence-electron chi connectivity index (χ4n) is 1.32. The summed E-state index contributed by atoms with van der Waals surface area (Å²) in [7, 11) is 0. The van der Waals surface area contributed by atoms with E-state index < -0.39 is 18.8 Å². The molecule has 1 heterocycles. The van der Waals surface area contributed by atoms with Gasteiger partial charge >= 0.3 is 12.1 Å². The lowest BCUT2D eigenvalue weighted by Gasteiger charge is -2.09. The summed E-state index contributed by atoms with van der Waals surface area (Å²) in [5, 5.41) is 11.5. The Kier molecular flexibility index (Phi) is 5.11. The number of aryl methyl sites for hydroxylation is 1. The highest BCUT2D eigenvalue weighted by atomic mass is 19.4. The highest BCUT2D eigenvalue weighted by Crippen LogP contribution is 2.14. The van der Waals surface area contributed by atoms with Crippen molar-refractivity contribution in [3.63, 3.8) is 0 Å². The third kappa shape index (κ3) is 6.05. The van der Waals surface area contributed by atoms with Crippen LogP contribution in [0.15, 0.2) is 12.1 Å². The number of hydrogen-bond acceptors (Lipinski definition) is 4. The van der Waals surface area contributed by atoms with Crippen molar-refractivity contribution in [2.45, 2.75) is 13.1 Å². The number of pyridine rings is 1. The average Bonchev–Trinajstić information content (AvgIpc) is 2.26. The minimum Gasteiger partial charge on any atom is -0.478 e. The monoisotopic (exact) mass is 278 g/mol. The number of halogens is 3. The van der Waals surface area contributed by atoms with E-state index in [1.165, 1.54) is 12.1 Å². The molecule has 0 saturated heterocycles. The van der Waals surface area contributed by atoms with E-state index in [1.807, 2.05) is 0 Å². The molecular formula is C11H13F3N2O3. The van der Waals surface area contributed by atoms with Gasteiger partial charge in [-0.25, -0.2) is 9.78 Å². The predicted octanol–water partition coefficient (Wildman–Crippen LogP) is 2.08. The Labute approximate surface area is 107 Å². The number of nitrogens with zero attached hydrogens (tertiary/aromatic N) is 1. The van der Waals surface area contributed by atoms with E-state index in [2.05, 4.69) is 15.0 Å². The Hall–Kier alpha value is -1.83. The second kappa shape index (κ2) is 6.37. The molecule has 1 aromatic heterocycles. The Balaban J connectivity index is 2.43. The third-order valence-electron chi connectivity index (χ3n) is 2.02. The van der Waals surface area contributed by atoms with Crippen molar-refractivity contribution in [3.05, 3.63) is 23.4 Å². The van der Waals surface area contributed by atoms with Gasteiger partial charge in [0, 0.05) is 12.2 Å². The molecule has 1 aromatic rings. The van der Waals surface area contributed by atoms with Crippen molar-refractivity contribution < 1.29 is 27.8 Å². The van der Waals surface area contributed by atoms with Crippen molar-refractivity contribution in [3.8, 4) is 0 Å². The van der Waals surface area contributed by atoms with Crippen LogP contribution < -0.4 is 5.32 Å². The van der Waals surface area contributed by atoms with Crippen molar-refractivity contribution in [1.29, 1.82) is 0 Å². The molecule has 0 aliphatic rings. The van der Waals surface area contributed by atoms with Crippen LogP contribution >= 0.6 is 0 Å². The van der Waals surface area contributed by atoms with Crippen LogP contribution in [0.25, 0.3) is 0 Å². The minimum atomic E-state index is -4.35. The van der Waals surface area contributed by atoms with E-state index in [4.69, 9.17) is 5.11 Å². The molecule has 5 nitrogen and oxygen atoms in total. The van der Waals surface area contributed by atoms with Gasteiger partial charge in [-0.05, 0) is 19.1 Å². The van der Waals surface area contributed by atoms with Crippen molar-refractivity contribution in [1.82, 2.24) is 4.98 Å². The normalized spacial score (nSPS) is 11.4. The van der Waals surface area contributed by atoms with Crippen LogP contribution in [0.2, 0.25) is 0 Å². The molecule has 1 rings (SSSR count). The topological polar surface area (TPSA) is 71.5 Å². The van der Waals surface area contributed by atoms with Crippen molar-refractivity contribution >= 4 is 11.8 Å². The number of carbonyl (C=O) groups is 1. The SMILES string of the molecule is Cc1cc(C(=O)O)cc(NCCOCC(F)(F)F)n1. The Morgan fingerprint density at radius 2 is 2.16 bits per heavy atom. The first kappa shape index (κ1) is 15.2. The van der Waals surface area contributed by atoms with Crippen molar-refractivity contribution in [2.75, 3.05) is 25.1 Å². The van der Waals surface area contributed by atoms with Crippen LogP contribution in [0, 0.1) is 6.92 Å². The zero-order valence-corrected chi connectivity index (χ0v) is 10.1. The molecule has 106 valence electrons. The number of aromatic carboxylic acids is 1. The van der Waals surface area contributed by atoms with Gasteiger partial charge in [-0.1, -0.05) is 0 Å². The molecule has 2 N–H and O–H groups in total. The summed E-state index contributed by atoms with van der Waals surface area (Å²) in [4.78, 5) is 14.8. The van der Waals surface area contributed by atoms with Gasteiger partial charge < -0.3 is 15.2 Å². The van der Waals surface area contributed by atoms with Gasteiger partial charge in [-0.3, -0.25) is 0 Å². The Bertz CT molecular complexity index is 449. The van der Waals surface area contributed by atoms with E-state index in [9.17, 15) is 18.0 Å². The summed E-state index contributed by atoms with van der Waals surface area (Å²) in [6.07, 6.45) is -4.35. The Morgan fingerprint density at radius 1 is 1.47 bits per heavy atom. The molecular weight excluding hydrogens is 265 g/mol. The van der Waals surface area contributed by atoms with Gasteiger partial charge in [0.1, 0.15) is 12.4 Å². The van der Waals surface area contributed by atoms with E-state index in [-0.39, 0.29) is 24.5 Å². The second-order valence-electron chi connectivity index (χ2n) is 3.78. The molecule has 0 atom stereocenters. The number of aromatic nitrogens is 1. The molecule has 0 bridgehead atoms. The highest BCUT2D eigenvalue weighted by Gasteiger charge is 2.27. The van der Waals surface area contributed by atoms with Gasteiger partial charge in [0.05, 0.1) is 12.2 Å². The summed E-state index contributed by atoms with van der Waals surface area (Å²) >= 11 is 0. The zero-order valence-electron chi connectivity index (χ0n) is 10.1. The molecule has 0 unspecified atom stereocenters. The standard InChI is InChI=1S/C11H13F3N2O3/c1-7-4-8(10(17)18)5-9(16-7)15-2-3-19-6-11(12,13)14/h4-5H,2-3,6H2,1H3,(H,15,16)(H,17,18). The maximum absolute atomic E-state index is 11.8. The number of carboxylic acids is 1. The lowest BCUT2D eigenvalue weighted by atomic mass is 10.2. The van der Waals surface area contributed by atoms with Gasteiger partial charge in [-0.15, -0.1) is 0 Å². The first-order valence-corrected chi connectivity index (χ1v) is 5.38. The highest BCUT2D eigenvalue weighted by molar-refractivity contribution is 5.88. The summed E-state index contributed by atoms with van der Waals surface area (Å²) in [5.41, 5.74) is 0.560. The van der Waals surface area contributed by atoms with E-state index in [0.29, 0.717) is 5.69 Å². The number of anilines is 1.